The molecule has 120 valence electrons. The fourth-order valence-corrected chi connectivity index (χ4v) is 2.72. The van der Waals surface area contributed by atoms with E-state index in [1.54, 1.807) is 16.9 Å². The number of benzene rings is 2. The molecule has 2 N–H and O–H groups in total. The maximum atomic E-state index is 9.05. The molecule has 2 heterocycles. The van der Waals surface area contributed by atoms with E-state index in [1.165, 1.54) is 0 Å². The second-order valence-electron chi connectivity index (χ2n) is 5.65. The van der Waals surface area contributed by atoms with Gasteiger partial charge in [0.25, 0.3) is 0 Å². The van der Waals surface area contributed by atoms with Crippen LogP contribution in [-0.2, 0) is 6.54 Å². The first-order valence-corrected chi connectivity index (χ1v) is 7.78. The average molecular weight is 326 g/mol. The summed E-state index contributed by atoms with van der Waals surface area (Å²) >= 11 is 0. The number of nitrogens with zero attached hydrogens (tertiary/aromatic N) is 5. The summed E-state index contributed by atoms with van der Waals surface area (Å²) in [7, 11) is 0. The van der Waals surface area contributed by atoms with Crippen molar-refractivity contribution >= 4 is 16.9 Å². The molecule has 4 rings (SSSR count). The SMILES string of the molecule is N#Cc1cccc(Cn2ncc3c(N)nc(-c4ccccc4)nc32)c1. The van der Waals surface area contributed by atoms with Crippen LogP contribution in [0.1, 0.15) is 11.1 Å². The van der Waals surface area contributed by atoms with E-state index in [1.807, 2.05) is 48.5 Å². The van der Waals surface area contributed by atoms with Crippen LogP contribution in [0.3, 0.4) is 0 Å². The summed E-state index contributed by atoms with van der Waals surface area (Å²) in [4.78, 5) is 9.04. The quantitative estimate of drug-likeness (QED) is 0.624. The van der Waals surface area contributed by atoms with Gasteiger partial charge in [0.1, 0.15) is 5.82 Å². The summed E-state index contributed by atoms with van der Waals surface area (Å²) in [5, 5.41) is 14.2. The summed E-state index contributed by atoms with van der Waals surface area (Å²) in [6.07, 6.45) is 1.67. The van der Waals surface area contributed by atoms with E-state index >= 15 is 0 Å². The average Bonchev–Trinajstić information content (AvgIpc) is 3.06. The Hall–Kier alpha value is -3.72. The van der Waals surface area contributed by atoms with Gasteiger partial charge in [-0.2, -0.15) is 10.4 Å². The number of hydrogen-bond donors (Lipinski definition) is 1. The van der Waals surface area contributed by atoms with E-state index in [9.17, 15) is 0 Å². The third-order valence-corrected chi connectivity index (χ3v) is 3.95. The Kier molecular flexibility index (Phi) is 3.60. The summed E-state index contributed by atoms with van der Waals surface area (Å²) < 4.78 is 1.77. The lowest BCUT2D eigenvalue weighted by Gasteiger charge is -2.06. The Labute approximate surface area is 144 Å². The van der Waals surface area contributed by atoms with E-state index in [2.05, 4.69) is 21.1 Å². The topological polar surface area (TPSA) is 93.4 Å². The molecule has 0 unspecified atom stereocenters. The van der Waals surface area contributed by atoms with Crippen LogP contribution in [0.5, 0.6) is 0 Å². The van der Waals surface area contributed by atoms with Crippen LogP contribution >= 0.6 is 0 Å². The highest BCUT2D eigenvalue weighted by Crippen LogP contribution is 2.23. The van der Waals surface area contributed by atoms with Crippen molar-refractivity contribution in [3.8, 4) is 17.5 Å². The number of hydrogen-bond acceptors (Lipinski definition) is 5. The van der Waals surface area contributed by atoms with E-state index in [-0.39, 0.29) is 0 Å². The lowest BCUT2D eigenvalue weighted by atomic mass is 10.1. The molecular formula is C19H14N6. The van der Waals surface area contributed by atoms with Gasteiger partial charge in [0.15, 0.2) is 11.5 Å². The predicted molar refractivity (Wildman–Crippen MR) is 95.4 cm³/mol. The number of nitrogen functional groups attached to an aromatic ring is 1. The maximum Gasteiger partial charge on any atom is 0.164 e. The van der Waals surface area contributed by atoms with E-state index in [0.29, 0.717) is 29.4 Å². The van der Waals surface area contributed by atoms with Crippen LogP contribution in [0.4, 0.5) is 5.82 Å². The third-order valence-electron chi connectivity index (χ3n) is 3.95. The molecule has 0 aliphatic rings. The van der Waals surface area contributed by atoms with E-state index in [0.717, 1.165) is 16.5 Å². The molecule has 0 aliphatic carbocycles. The van der Waals surface area contributed by atoms with Crippen molar-refractivity contribution in [2.75, 3.05) is 5.73 Å². The number of fused-ring (bicyclic) bond motifs is 1. The highest BCUT2D eigenvalue weighted by molar-refractivity contribution is 5.86. The van der Waals surface area contributed by atoms with Crippen molar-refractivity contribution in [1.82, 2.24) is 19.7 Å². The molecule has 0 radical (unpaired) electrons. The first kappa shape index (κ1) is 14.8. The summed E-state index contributed by atoms with van der Waals surface area (Å²) in [5.41, 5.74) is 9.27. The first-order valence-electron chi connectivity index (χ1n) is 7.78. The summed E-state index contributed by atoms with van der Waals surface area (Å²) in [6, 6.07) is 19.3. The maximum absolute atomic E-state index is 9.05. The smallest absolute Gasteiger partial charge is 0.164 e. The second kappa shape index (κ2) is 6.06. The van der Waals surface area contributed by atoms with Gasteiger partial charge in [0, 0.05) is 5.56 Å². The lowest BCUT2D eigenvalue weighted by Crippen LogP contribution is -2.05. The van der Waals surface area contributed by atoms with Crippen molar-refractivity contribution in [2.24, 2.45) is 0 Å². The molecule has 2 aromatic heterocycles. The van der Waals surface area contributed by atoms with Gasteiger partial charge in [-0.1, -0.05) is 42.5 Å². The minimum atomic E-state index is 0.404. The Morgan fingerprint density at radius 1 is 1.04 bits per heavy atom. The van der Waals surface area contributed by atoms with Gasteiger partial charge in [0.2, 0.25) is 0 Å². The molecule has 25 heavy (non-hydrogen) atoms. The highest BCUT2D eigenvalue weighted by Gasteiger charge is 2.12. The monoisotopic (exact) mass is 326 g/mol. The zero-order valence-corrected chi connectivity index (χ0v) is 13.3. The van der Waals surface area contributed by atoms with Gasteiger partial charge in [-0.15, -0.1) is 0 Å². The fourth-order valence-electron chi connectivity index (χ4n) is 2.72. The van der Waals surface area contributed by atoms with Gasteiger partial charge in [0.05, 0.1) is 29.8 Å². The largest absolute Gasteiger partial charge is 0.383 e. The molecule has 0 aliphatic heterocycles. The van der Waals surface area contributed by atoms with Crippen molar-refractivity contribution < 1.29 is 0 Å². The van der Waals surface area contributed by atoms with Crippen molar-refractivity contribution in [3.63, 3.8) is 0 Å². The summed E-state index contributed by atoms with van der Waals surface area (Å²) in [5.74, 6) is 0.971. The molecule has 0 bridgehead atoms. The first-order chi connectivity index (χ1) is 12.2. The number of nitriles is 1. The molecular weight excluding hydrogens is 312 g/mol. The Morgan fingerprint density at radius 3 is 2.68 bits per heavy atom. The normalized spacial score (nSPS) is 10.7. The molecule has 0 fully saturated rings. The molecule has 0 spiro atoms. The van der Waals surface area contributed by atoms with Gasteiger partial charge >= 0.3 is 0 Å². The lowest BCUT2D eigenvalue weighted by molar-refractivity contribution is 0.704. The second-order valence-corrected chi connectivity index (χ2v) is 5.65. The van der Waals surface area contributed by atoms with Crippen LogP contribution in [-0.4, -0.2) is 19.7 Å². The van der Waals surface area contributed by atoms with Crippen molar-refractivity contribution in [3.05, 3.63) is 71.9 Å². The van der Waals surface area contributed by atoms with Crippen molar-refractivity contribution in [1.29, 1.82) is 5.26 Å². The van der Waals surface area contributed by atoms with Gasteiger partial charge in [-0.05, 0) is 17.7 Å². The fraction of sp³-hybridized carbons (Fsp3) is 0.0526. The highest BCUT2D eigenvalue weighted by atomic mass is 15.3. The zero-order valence-electron chi connectivity index (χ0n) is 13.3. The Balaban J connectivity index is 1.80. The van der Waals surface area contributed by atoms with Crippen LogP contribution in [0.15, 0.2) is 60.8 Å². The molecule has 0 atom stereocenters. The molecule has 0 saturated heterocycles. The van der Waals surface area contributed by atoms with Crippen molar-refractivity contribution in [2.45, 2.75) is 6.54 Å². The molecule has 0 saturated carbocycles. The number of anilines is 1. The Morgan fingerprint density at radius 2 is 1.88 bits per heavy atom. The van der Waals surface area contributed by atoms with Gasteiger partial charge < -0.3 is 5.73 Å². The minimum absolute atomic E-state index is 0.404. The summed E-state index contributed by atoms with van der Waals surface area (Å²) in [6.45, 7) is 0.504. The number of rotatable bonds is 3. The number of nitrogens with two attached hydrogens (primary N) is 1. The van der Waals surface area contributed by atoms with Crippen LogP contribution in [0.25, 0.3) is 22.4 Å². The van der Waals surface area contributed by atoms with Crippen LogP contribution in [0.2, 0.25) is 0 Å². The van der Waals surface area contributed by atoms with Gasteiger partial charge in [-0.3, -0.25) is 0 Å². The van der Waals surface area contributed by atoms with E-state index in [4.69, 9.17) is 11.0 Å². The molecule has 6 heteroatoms. The standard InChI is InChI=1S/C19H14N6/c20-10-13-5-4-6-14(9-13)12-25-19-16(11-22-25)17(21)23-18(24-19)15-7-2-1-3-8-15/h1-9,11H,12H2,(H2,21,23,24). The van der Waals surface area contributed by atoms with Crippen LogP contribution < -0.4 is 5.73 Å². The molecule has 6 nitrogen and oxygen atoms in total. The minimum Gasteiger partial charge on any atom is -0.383 e. The van der Waals surface area contributed by atoms with E-state index < -0.39 is 0 Å². The van der Waals surface area contributed by atoms with Gasteiger partial charge in [-0.25, -0.2) is 14.6 Å². The molecule has 4 aromatic rings. The zero-order chi connectivity index (χ0) is 17.2. The predicted octanol–water partition coefficient (Wildman–Crippen LogP) is 3.00. The Bertz CT molecular complexity index is 1090. The molecule has 2 aromatic carbocycles. The van der Waals surface area contributed by atoms with Crippen LogP contribution in [0, 0.1) is 11.3 Å². The third kappa shape index (κ3) is 2.79. The molecule has 0 amide bonds. The number of aromatic nitrogens is 4.